The van der Waals surface area contributed by atoms with Crippen molar-refractivity contribution in [3.63, 3.8) is 0 Å². The van der Waals surface area contributed by atoms with E-state index >= 15 is 0 Å². The largest absolute Gasteiger partial charge is 0.382 e. The van der Waals surface area contributed by atoms with Crippen molar-refractivity contribution in [3.8, 4) is 0 Å². The van der Waals surface area contributed by atoms with Crippen LogP contribution in [-0.4, -0.2) is 39.4 Å². The Labute approximate surface area is 129 Å². The lowest BCUT2D eigenvalue weighted by atomic mass is 10.1. The number of hydrogen-bond acceptors (Lipinski definition) is 3. The molecule has 0 aliphatic rings. The molecule has 0 heterocycles. The zero-order valence-corrected chi connectivity index (χ0v) is 13.0. The van der Waals surface area contributed by atoms with Gasteiger partial charge in [-0.25, -0.2) is 0 Å². The molecule has 0 atom stereocenters. The van der Waals surface area contributed by atoms with Crippen LogP contribution >= 0.6 is 23.2 Å². The summed E-state index contributed by atoms with van der Waals surface area (Å²) in [5.41, 5.74) is 0.657. The molecule has 4 nitrogen and oxygen atoms in total. The van der Waals surface area contributed by atoms with E-state index in [1.54, 1.807) is 25.3 Å². The normalized spacial score (nSPS) is 10.6. The van der Waals surface area contributed by atoms with E-state index in [4.69, 9.17) is 32.7 Å². The van der Waals surface area contributed by atoms with E-state index in [1.165, 1.54) is 0 Å². The van der Waals surface area contributed by atoms with Crippen LogP contribution in [0.3, 0.4) is 0 Å². The first-order valence-electron chi connectivity index (χ1n) is 6.41. The maximum absolute atomic E-state index is 11.8. The fourth-order valence-corrected chi connectivity index (χ4v) is 2.10. The third-order valence-electron chi connectivity index (χ3n) is 2.62. The zero-order chi connectivity index (χ0) is 14.8. The molecule has 6 heteroatoms. The SMILES string of the molecule is COCCOCCCNC(=O)Cc1c(Cl)cccc1Cl. The first-order valence-corrected chi connectivity index (χ1v) is 7.17. The maximum atomic E-state index is 11.8. The molecule has 0 aliphatic carbocycles. The van der Waals surface area contributed by atoms with Crippen LogP contribution in [0.2, 0.25) is 10.0 Å². The maximum Gasteiger partial charge on any atom is 0.224 e. The van der Waals surface area contributed by atoms with E-state index in [-0.39, 0.29) is 12.3 Å². The van der Waals surface area contributed by atoms with Gasteiger partial charge in [-0.15, -0.1) is 0 Å². The molecule has 1 rings (SSSR count). The minimum atomic E-state index is -0.100. The molecule has 0 radical (unpaired) electrons. The topological polar surface area (TPSA) is 47.6 Å². The van der Waals surface area contributed by atoms with Gasteiger partial charge in [0.15, 0.2) is 0 Å². The smallest absolute Gasteiger partial charge is 0.224 e. The van der Waals surface area contributed by atoms with Crippen LogP contribution in [0.15, 0.2) is 18.2 Å². The predicted molar refractivity (Wildman–Crippen MR) is 80.5 cm³/mol. The quantitative estimate of drug-likeness (QED) is 0.712. The standard InChI is InChI=1S/C14H19Cl2NO3/c1-19-8-9-20-7-3-6-17-14(18)10-11-12(15)4-2-5-13(11)16/h2,4-5H,3,6-10H2,1H3,(H,17,18). The van der Waals surface area contributed by atoms with Gasteiger partial charge in [-0.1, -0.05) is 29.3 Å². The Morgan fingerprint density at radius 1 is 1.20 bits per heavy atom. The van der Waals surface area contributed by atoms with Gasteiger partial charge in [0, 0.05) is 30.3 Å². The summed E-state index contributed by atoms with van der Waals surface area (Å²) < 4.78 is 10.1. The van der Waals surface area contributed by atoms with Crippen LogP contribution in [0.5, 0.6) is 0 Å². The van der Waals surface area contributed by atoms with Crippen molar-refractivity contribution in [2.75, 3.05) is 33.5 Å². The number of halogens is 2. The second-order valence-corrected chi connectivity index (χ2v) is 5.00. The summed E-state index contributed by atoms with van der Waals surface area (Å²) in [4.78, 5) is 11.8. The third kappa shape index (κ3) is 6.57. The van der Waals surface area contributed by atoms with Crippen LogP contribution < -0.4 is 5.32 Å². The number of ether oxygens (including phenoxy) is 2. The first kappa shape index (κ1) is 17.2. The number of hydrogen-bond donors (Lipinski definition) is 1. The van der Waals surface area contributed by atoms with E-state index in [2.05, 4.69) is 5.32 Å². The number of benzene rings is 1. The van der Waals surface area contributed by atoms with Crippen LogP contribution in [-0.2, 0) is 20.7 Å². The molecular formula is C14H19Cl2NO3. The highest BCUT2D eigenvalue weighted by Crippen LogP contribution is 2.24. The zero-order valence-electron chi connectivity index (χ0n) is 11.5. The molecule has 0 unspecified atom stereocenters. The van der Waals surface area contributed by atoms with Gasteiger partial charge in [0.2, 0.25) is 5.91 Å². The van der Waals surface area contributed by atoms with Crippen molar-refractivity contribution < 1.29 is 14.3 Å². The van der Waals surface area contributed by atoms with Crippen molar-refractivity contribution in [2.45, 2.75) is 12.8 Å². The molecule has 1 aromatic carbocycles. The van der Waals surface area contributed by atoms with Gasteiger partial charge in [0.1, 0.15) is 0 Å². The van der Waals surface area contributed by atoms with Crippen LogP contribution in [0.25, 0.3) is 0 Å². The van der Waals surface area contributed by atoms with E-state index in [9.17, 15) is 4.79 Å². The Hall–Kier alpha value is -0.810. The number of carbonyl (C=O) groups is 1. The minimum Gasteiger partial charge on any atom is -0.382 e. The monoisotopic (exact) mass is 319 g/mol. The van der Waals surface area contributed by atoms with Gasteiger partial charge in [0.05, 0.1) is 19.6 Å². The van der Waals surface area contributed by atoms with Crippen molar-refractivity contribution in [2.24, 2.45) is 0 Å². The molecule has 0 saturated heterocycles. The first-order chi connectivity index (χ1) is 9.65. The second-order valence-electron chi connectivity index (χ2n) is 4.19. The summed E-state index contributed by atoms with van der Waals surface area (Å²) in [6.07, 6.45) is 0.939. The average Bonchev–Trinajstić information content (AvgIpc) is 2.42. The molecule has 1 aromatic rings. The molecule has 112 valence electrons. The predicted octanol–water partition coefficient (Wildman–Crippen LogP) is 2.71. The van der Waals surface area contributed by atoms with Crippen molar-refractivity contribution >= 4 is 29.1 Å². The van der Waals surface area contributed by atoms with Gasteiger partial charge in [-0.2, -0.15) is 0 Å². The molecule has 0 bridgehead atoms. The Kier molecular flexibility index (Phi) is 8.62. The number of methoxy groups -OCH3 is 1. The molecular weight excluding hydrogens is 301 g/mol. The summed E-state index contributed by atoms with van der Waals surface area (Å²) in [5.74, 6) is -0.100. The summed E-state index contributed by atoms with van der Waals surface area (Å²) >= 11 is 12.0. The van der Waals surface area contributed by atoms with E-state index in [1.807, 2.05) is 0 Å². The highest BCUT2D eigenvalue weighted by Gasteiger charge is 2.10. The Bertz CT molecular complexity index is 407. The van der Waals surface area contributed by atoms with Gasteiger partial charge in [-0.3, -0.25) is 4.79 Å². The van der Waals surface area contributed by atoms with E-state index in [0.29, 0.717) is 42.0 Å². The lowest BCUT2D eigenvalue weighted by molar-refractivity contribution is -0.120. The van der Waals surface area contributed by atoms with Crippen LogP contribution in [0.4, 0.5) is 0 Å². The Balaban J connectivity index is 2.21. The summed E-state index contributed by atoms with van der Waals surface area (Å²) in [5, 5.41) is 3.83. The molecule has 0 aromatic heterocycles. The minimum absolute atomic E-state index is 0.100. The van der Waals surface area contributed by atoms with Crippen molar-refractivity contribution in [3.05, 3.63) is 33.8 Å². The fourth-order valence-electron chi connectivity index (χ4n) is 1.57. The van der Waals surface area contributed by atoms with Gasteiger partial charge >= 0.3 is 0 Å². The number of amides is 1. The summed E-state index contributed by atoms with van der Waals surface area (Å²) in [7, 11) is 1.63. The molecule has 20 heavy (non-hydrogen) atoms. The lowest BCUT2D eigenvalue weighted by Gasteiger charge is -2.08. The van der Waals surface area contributed by atoms with Crippen LogP contribution in [0, 0.1) is 0 Å². The highest BCUT2D eigenvalue weighted by molar-refractivity contribution is 6.36. The number of rotatable bonds is 9. The molecule has 1 N–H and O–H groups in total. The fraction of sp³-hybridized carbons (Fsp3) is 0.500. The summed E-state index contributed by atoms with van der Waals surface area (Å²) in [6.45, 7) is 2.31. The van der Waals surface area contributed by atoms with Gasteiger partial charge in [0.25, 0.3) is 0 Å². The second kappa shape index (κ2) is 10.00. The van der Waals surface area contributed by atoms with E-state index < -0.39 is 0 Å². The molecule has 0 spiro atoms. The number of carbonyl (C=O) groups excluding carboxylic acids is 1. The average molecular weight is 320 g/mol. The molecule has 1 amide bonds. The van der Waals surface area contributed by atoms with Crippen molar-refractivity contribution in [1.82, 2.24) is 5.32 Å². The van der Waals surface area contributed by atoms with Crippen molar-refractivity contribution in [1.29, 1.82) is 0 Å². The molecule has 0 saturated carbocycles. The molecule has 0 aliphatic heterocycles. The summed E-state index contributed by atoms with van der Waals surface area (Å²) in [6, 6.07) is 5.20. The van der Waals surface area contributed by atoms with Gasteiger partial charge in [-0.05, 0) is 24.1 Å². The van der Waals surface area contributed by atoms with Gasteiger partial charge < -0.3 is 14.8 Å². The molecule has 0 fully saturated rings. The third-order valence-corrected chi connectivity index (χ3v) is 3.33. The Morgan fingerprint density at radius 3 is 2.55 bits per heavy atom. The van der Waals surface area contributed by atoms with Crippen LogP contribution in [0.1, 0.15) is 12.0 Å². The number of nitrogens with one attached hydrogen (secondary N) is 1. The highest BCUT2D eigenvalue weighted by atomic mass is 35.5. The lowest BCUT2D eigenvalue weighted by Crippen LogP contribution is -2.27. The van der Waals surface area contributed by atoms with E-state index in [0.717, 1.165) is 6.42 Å². The Morgan fingerprint density at radius 2 is 1.90 bits per heavy atom.